The van der Waals surface area contributed by atoms with Crippen LogP contribution < -0.4 is 5.32 Å². The zero-order valence-electron chi connectivity index (χ0n) is 13.1. The average molecular weight is 277 g/mol. The molecule has 0 bridgehead atoms. The maximum atomic E-state index is 13.0. The second-order valence-corrected chi connectivity index (χ2v) is 6.84. The number of benzene rings is 1. The highest BCUT2D eigenvalue weighted by Gasteiger charge is 2.37. The standard InChI is InChI=1S/C18H28FN/c1-4-20-17(13-14-8-10-15(19)11-9-14)16-7-5-6-12-18(16,2)3/h8-11,16-17,20H,4-7,12-13H2,1-3H3. The molecule has 112 valence electrons. The molecule has 1 aromatic carbocycles. The van der Waals surface area contributed by atoms with Gasteiger partial charge in [-0.3, -0.25) is 0 Å². The maximum Gasteiger partial charge on any atom is 0.123 e. The number of rotatable bonds is 5. The first-order valence-corrected chi connectivity index (χ1v) is 8.01. The van der Waals surface area contributed by atoms with E-state index in [1.54, 1.807) is 12.1 Å². The average Bonchev–Trinajstić information content (AvgIpc) is 2.40. The molecule has 0 aliphatic heterocycles. The third-order valence-electron chi connectivity index (χ3n) is 4.91. The summed E-state index contributed by atoms with van der Waals surface area (Å²) in [6, 6.07) is 7.50. The molecule has 20 heavy (non-hydrogen) atoms. The Hall–Kier alpha value is -0.890. The van der Waals surface area contributed by atoms with Gasteiger partial charge in [-0.25, -0.2) is 4.39 Å². The molecule has 1 saturated carbocycles. The Balaban J connectivity index is 2.11. The minimum Gasteiger partial charge on any atom is -0.314 e. The van der Waals surface area contributed by atoms with Crippen LogP contribution in [-0.4, -0.2) is 12.6 Å². The second kappa shape index (κ2) is 6.71. The molecule has 0 aromatic heterocycles. The third-order valence-corrected chi connectivity index (χ3v) is 4.91. The SMILES string of the molecule is CCNC(Cc1ccc(F)cc1)C1CCCCC1(C)C. The van der Waals surface area contributed by atoms with Crippen molar-refractivity contribution in [3.8, 4) is 0 Å². The predicted molar refractivity (Wildman–Crippen MR) is 83.3 cm³/mol. The normalized spacial score (nSPS) is 23.5. The first-order chi connectivity index (χ1) is 9.53. The van der Waals surface area contributed by atoms with Gasteiger partial charge in [0, 0.05) is 6.04 Å². The Morgan fingerprint density at radius 1 is 1.25 bits per heavy atom. The van der Waals surface area contributed by atoms with Crippen molar-refractivity contribution in [1.29, 1.82) is 0 Å². The second-order valence-electron chi connectivity index (χ2n) is 6.84. The molecule has 0 amide bonds. The van der Waals surface area contributed by atoms with Crippen molar-refractivity contribution >= 4 is 0 Å². The van der Waals surface area contributed by atoms with Crippen LogP contribution in [0.2, 0.25) is 0 Å². The largest absolute Gasteiger partial charge is 0.314 e. The van der Waals surface area contributed by atoms with Gasteiger partial charge in [0.15, 0.2) is 0 Å². The van der Waals surface area contributed by atoms with E-state index in [-0.39, 0.29) is 5.82 Å². The van der Waals surface area contributed by atoms with Gasteiger partial charge in [0.25, 0.3) is 0 Å². The molecule has 1 fully saturated rings. The Labute approximate surface area is 123 Å². The molecule has 1 aliphatic carbocycles. The van der Waals surface area contributed by atoms with Crippen LogP contribution in [0.1, 0.15) is 52.0 Å². The molecule has 0 radical (unpaired) electrons. The summed E-state index contributed by atoms with van der Waals surface area (Å²) in [5.74, 6) is 0.563. The molecule has 0 heterocycles. The van der Waals surface area contributed by atoms with Crippen molar-refractivity contribution in [2.24, 2.45) is 11.3 Å². The molecule has 1 aliphatic rings. The molecule has 2 heteroatoms. The fourth-order valence-corrected chi connectivity index (χ4v) is 3.76. The first-order valence-electron chi connectivity index (χ1n) is 8.01. The smallest absolute Gasteiger partial charge is 0.123 e. The van der Waals surface area contributed by atoms with Crippen molar-refractivity contribution in [1.82, 2.24) is 5.32 Å². The molecular formula is C18H28FN. The molecule has 1 aromatic rings. The zero-order chi connectivity index (χ0) is 14.6. The summed E-state index contributed by atoms with van der Waals surface area (Å²) in [4.78, 5) is 0. The van der Waals surface area contributed by atoms with Crippen molar-refractivity contribution in [3.63, 3.8) is 0 Å². The van der Waals surface area contributed by atoms with Gasteiger partial charge >= 0.3 is 0 Å². The Morgan fingerprint density at radius 2 is 1.95 bits per heavy atom. The van der Waals surface area contributed by atoms with Crippen LogP contribution in [0.3, 0.4) is 0 Å². The lowest BCUT2D eigenvalue weighted by Crippen LogP contribution is -2.46. The van der Waals surface area contributed by atoms with E-state index in [4.69, 9.17) is 0 Å². The van der Waals surface area contributed by atoms with Crippen LogP contribution >= 0.6 is 0 Å². The van der Waals surface area contributed by atoms with Gasteiger partial charge in [-0.05, 0) is 54.8 Å². The number of hydrogen-bond donors (Lipinski definition) is 1. The van der Waals surface area contributed by atoms with Crippen molar-refractivity contribution in [3.05, 3.63) is 35.6 Å². The monoisotopic (exact) mass is 277 g/mol. The minimum absolute atomic E-state index is 0.147. The van der Waals surface area contributed by atoms with Crippen molar-refractivity contribution < 1.29 is 4.39 Å². The van der Waals surface area contributed by atoms with Crippen LogP contribution in [0.15, 0.2) is 24.3 Å². The summed E-state index contributed by atoms with van der Waals surface area (Å²) >= 11 is 0. The fourth-order valence-electron chi connectivity index (χ4n) is 3.76. The van der Waals surface area contributed by atoms with Gasteiger partial charge in [-0.15, -0.1) is 0 Å². The molecule has 2 rings (SSSR count). The summed E-state index contributed by atoms with van der Waals surface area (Å²) in [6.45, 7) is 7.99. The lowest BCUT2D eigenvalue weighted by Gasteiger charge is -2.43. The number of hydrogen-bond acceptors (Lipinski definition) is 1. The molecule has 2 atom stereocenters. The van der Waals surface area contributed by atoms with Crippen LogP contribution in [0.25, 0.3) is 0 Å². The van der Waals surface area contributed by atoms with Gasteiger partial charge in [-0.1, -0.05) is 45.7 Å². The Morgan fingerprint density at radius 3 is 2.55 bits per heavy atom. The van der Waals surface area contributed by atoms with Gasteiger partial charge < -0.3 is 5.32 Å². The molecular weight excluding hydrogens is 249 g/mol. The van der Waals surface area contributed by atoms with E-state index in [1.165, 1.54) is 31.2 Å². The minimum atomic E-state index is -0.147. The van der Waals surface area contributed by atoms with Gasteiger partial charge in [0.1, 0.15) is 5.82 Å². The molecule has 1 nitrogen and oxygen atoms in total. The Bertz CT molecular complexity index is 410. The van der Waals surface area contributed by atoms with E-state index in [1.807, 2.05) is 12.1 Å². The van der Waals surface area contributed by atoms with Gasteiger partial charge in [0.05, 0.1) is 0 Å². The van der Waals surface area contributed by atoms with E-state index in [9.17, 15) is 4.39 Å². The Kier molecular flexibility index (Phi) is 5.20. The van der Waals surface area contributed by atoms with Gasteiger partial charge in [0.2, 0.25) is 0 Å². The van der Waals surface area contributed by atoms with Crippen molar-refractivity contribution in [2.45, 2.75) is 58.9 Å². The summed E-state index contributed by atoms with van der Waals surface area (Å²) < 4.78 is 13.0. The summed E-state index contributed by atoms with van der Waals surface area (Å²) in [6.07, 6.45) is 6.34. The topological polar surface area (TPSA) is 12.0 Å². The van der Waals surface area contributed by atoms with Gasteiger partial charge in [-0.2, -0.15) is 0 Å². The molecule has 1 N–H and O–H groups in total. The highest BCUT2D eigenvalue weighted by molar-refractivity contribution is 5.17. The molecule has 2 unspecified atom stereocenters. The van der Waals surface area contributed by atoms with E-state index >= 15 is 0 Å². The van der Waals surface area contributed by atoms with E-state index in [2.05, 4.69) is 26.1 Å². The van der Waals surface area contributed by atoms with E-state index in [0.29, 0.717) is 17.4 Å². The number of likely N-dealkylation sites (N-methyl/N-ethyl adjacent to an activating group) is 1. The lowest BCUT2D eigenvalue weighted by atomic mass is 9.65. The van der Waals surface area contributed by atoms with E-state index in [0.717, 1.165) is 13.0 Å². The number of nitrogens with one attached hydrogen (secondary N) is 1. The summed E-state index contributed by atoms with van der Waals surface area (Å²) in [7, 11) is 0. The third kappa shape index (κ3) is 3.82. The summed E-state index contributed by atoms with van der Waals surface area (Å²) in [5, 5.41) is 3.68. The lowest BCUT2D eigenvalue weighted by molar-refractivity contribution is 0.0987. The van der Waals surface area contributed by atoms with E-state index < -0.39 is 0 Å². The predicted octanol–water partition coefficient (Wildman–Crippen LogP) is 4.56. The van der Waals surface area contributed by atoms with Crippen molar-refractivity contribution in [2.75, 3.05) is 6.54 Å². The quantitative estimate of drug-likeness (QED) is 0.831. The number of halogens is 1. The molecule has 0 saturated heterocycles. The highest BCUT2D eigenvalue weighted by atomic mass is 19.1. The van der Waals surface area contributed by atoms with Crippen LogP contribution in [0.4, 0.5) is 4.39 Å². The summed E-state index contributed by atoms with van der Waals surface area (Å²) in [5.41, 5.74) is 1.64. The van der Waals surface area contributed by atoms with Crippen LogP contribution in [-0.2, 0) is 6.42 Å². The van der Waals surface area contributed by atoms with Crippen LogP contribution in [0.5, 0.6) is 0 Å². The zero-order valence-corrected chi connectivity index (χ0v) is 13.1. The maximum absolute atomic E-state index is 13.0. The molecule has 0 spiro atoms. The van der Waals surface area contributed by atoms with Crippen LogP contribution in [0, 0.1) is 17.2 Å². The fraction of sp³-hybridized carbons (Fsp3) is 0.667. The highest BCUT2D eigenvalue weighted by Crippen LogP contribution is 2.42. The first kappa shape index (κ1) is 15.5.